The van der Waals surface area contributed by atoms with Crippen LogP contribution in [0.5, 0.6) is 0 Å². The van der Waals surface area contributed by atoms with Crippen LogP contribution in [0.1, 0.15) is 0 Å². The molecule has 0 atom stereocenters. The van der Waals surface area contributed by atoms with Crippen LogP contribution in [0, 0.1) is 0 Å². The van der Waals surface area contributed by atoms with Gasteiger partial charge in [-0.05, 0) is 22.0 Å². The molecule has 0 unspecified atom stereocenters. The van der Waals surface area contributed by atoms with Gasteiger partial charge < -0.3 is 0 Å². The van der Waals surface area contributed by atoms with Gasteiger partial charge >= 0.3 is 0 Å². The summed E-state index contributed by atoms with van der Waals surface area (Å²) >= 11 is 9.12. The molecular formula is C7H5BrClN3. The zero-order chi connectivity index (χ0) is 8.72. The molecule has 2 heterocycles. The summed E-state index contributed by atoms with van der Waals surface area (Å²) in [7, 11) is 1.85. The first-order valence-electron chi connectivity index (χ1n) is 3.32. The number of aryl methyl sites for hydroxylation is 1. The number of aromatic nitrogens is 3. The first-order chi connectivity index (χ1) is 5.66. The van der Waals surface area contributed by atoms with E-state index in [4.69, 9.17) is 11.6 Å². The van der Waals surface area contributed by atoms with E-state index in [-0.39, 0.29) is 0 Å². The quantitative estimate of drug-likeness (QED) is 0.668. The second-order valence-corrected chi connectivity index (χ2v) is 3.65. The summed E-state index contributed by atoms with van der Waals surface area (Å²) in [6.45, 7) is 0. The number of rotatable bonds is 0. The molecule has 0 aliphatic heterocycles. The molecule has 0 aromatic carbocycles. The lowest BCUT2D eigenvalue weighted by atomic mass is 10.3. The number of hydrogen-bond donors (Lipinski definition) is 0. The van der Waals surface area contributed by atoms with Crippen LogP contribution in [0.3, 0.4) is 0 Å². The smallest absolute Gasteiger partial charge is 0.158 e. The number of fused-ring (bicyclic) bond motifs is 1. The minimum absolute atomic E-state index is 0.431. The third-order valence-electron chi connectivity index (χ3n) is 1.53. The zero-order valence-corrected chi connectivity index (χ0v) is 8.59. The first kappa shape index (κ1) is 8.01. The second kappa shape index (κ2) is 2.71. The van der Waals surface area contributed by atoms with Crippen LogP contribution < -0.4 is 0 Å². The fourth-order valence-corrected chi connectivity index (χ4v) is 1.84. The number of hydrogen-bond acceptors (Lipinski definition) is 2. The van der Waals surface area contributed by atoms with Crippen LogP contribution in [0.15, 0.2) is 16.9 Å². The van der Waals surface area contributed by atoms with E-state index >= 15 is 0 Å². The van der Waals surface area contributed by atoms with E-state index in [1.165, 1.54) is 0 Å². The van der Waals surface area contributed by atoms with Crippen molar-refractivity contribution in [1.82, 2.24) is 14.8 Å². The van der Waals surface area contributed by atoms with Crippen LogP contribution in [-0.4, -0.2) is 14.8 Å². The summed E-state index contributed by atoms with van der Waals surface area (Å²) < 4.78 is 2.44. The molecule has 0 spiro atoms. The summed E-state index contributed by atoms with van der Waals surface area (Å²) in [6.07, 6.45) is 1.90. The molecule has 2 aromatic rings. The maximum atomic E-state index is 5.86. The third-order valence-corrected chi connectivity index (χ3v) is 2.20. The number of nitrogens with zero attached hydrogens (tertiary/aromatic N) is 3. The Morgan fingerprint density at radius 2 is 2.33 bits per heavy atom. The van der Waals surface area contributed by atoms with E-state index in [0.29, 0.717) is 5.15 Å². The van der Waals surface area contributed by atoms with Crippen LogP contribution in [0.2, 0.25) is 5.15 Å². The van der Waals surface area contributed by atoms with E-state index in [1.54, 1.807) is 4.68 Å². The molecule has 3 nitrogen and oxygen atoms in total. The first-order valence-corrected chi connectivity index (χ1v) is 4.49. The van der Waals surface area contributed by atoms with Crippen LogP contribution >= 0.6 is 27.5 Å². The van der Waals surface area contributed by atoms with Gasteiger partial charge in [0, 0.05) is 18.6 Å². The van der Waals surface area contributed by atoms with E-state index in [0.717, 1.165) is 15.5 Å². The highest BCUT2D eigenvalue weighted by atomic mass is 79.9. The van der Waals surface area contributed by atoms with Gasteiger partial charge in [0.05, 0.1) is 0 Å². The molecule has 0 bridgehead atoms. The minimum atomic E-state index is 0.431. The van der Waals surface area contributed by atoms with E-state index < -0.39 is 0 Å². The molecule has 2 rings (SSSR count). The van der Waals surface area contributed by atoms with Crippen molar-refractivity contribution in [2.24, 2.45) is 7.05 Å². The van der Waals surface area contributed by atoms with E-state index in [1.807, 2.05) is 19.3 Å². The standard InChI is InChI=1S/C7H5BrClN3/c1-12-3-4-2-5(8)10-7(9)6(4)11-12/h2-3H,1H3. The SMILES string of the molecule is Cn1cc2cc(Br)nc(Cl)c2n1. The lowest BCUT2D eigenvalue weighted by Crippen LogP contribution is -1.85. The molecule has 12 heavy (non-hydrogen) atoms. The average molecular weight is 246 g/mol. The van der Waals surface area contributed by atoms with Crippen molar-refractivity contribution in [3.8, 4) is 0 Å². The van der Waals surface area contributed by atoms with Crippen molar-refractivity contribution in [2.75, 3.05) is 0 Å². The van der Waals surface area contributed by atoms with Crippen molar-refractivity contribution in [2.45, 2.75) is 0 Å². The largest absolute Gasteiger partial charge is 0.274 e. The summed E-state index contributed by atoms with van der Waals surface area (Å²) in [4.78, 5) is 4.02. The van der Waals surface area contributed by atoms with Crippen molar-refractivity contribution >= 4 is 38.4 Å². The van der Waals surface area contributed by atoms with Crippen LogP contribution in [-0.2, 0) is 7.05 Å². The molecule has 5 heteroatoms. The Hall–Kier alpha value is -0.610. The summed E-state index contributed by atoms with van der Waals surface area (Å²) in [5.41, 5.74) is 0.738. The molecule has 0 fully saturated rings. The topological polar surface area (TPSA) is 30.7 Å². The van der Waals surface area contributed by atoms with Gasteiger partial charge in [0.2, 0.25) is 0 Å². The molecule has 0 saturated carbocycles. The fourth-order valence-electron chi connectivity index (χ4n) is 1.08. The van der Waals surface area contributed by atoms with Crippen molar-refractivity contribution in [1.29, 1.82) is 0 Å². The molecule has 0 amide bonds. The van der Waals surface area contributed by atoms with Gasteiger partial charge in [0.25, 0.3) is 0 Å². The van der Waals surface area contributed by atoms with Gasteiger partial charge in [0.15, 0.2) is 5.15 Å². The van der Waals surface area contributed by atoms with Crippen LogP contribution in [0.25, 0.3) is 10.9 Å². The maximum absolute atomic E-state index is 5.86. The van der Waals surface area contributed by atoms with Gasteiger partial charge in [0.1, 0.15) is 10.1 Å². The Labute approximate surface area is 82.5 Å². The van der Waals surface area contributed by atoms with Gasteiger partial charge in [-0.1, -0.05) is 11.6 Å². The monoisotopic (exact) mass is 245 g/mol. The second-order valence-electron chi connectivity index (χ2n) is 2.48. The Morgan fingerprint density at radius 3 is 3.08 bits per heavy atom. The van der Waals surface area contributed by atoms with Gasteiger partial charge in [-0.15, -0.1) is 0 Å². The molecular weight excluding hydrogens is 241 g/mol. The molecule has 0 N–H and O–H groups in total. The highest BCUT2D eigenvalue weighted by Crippen LogP contribution is 2.22. The van der Waals surface area contributed by atoms with Gasteiger partial charge in [-0.2, -0.15) is 5.10 Å². The predicted molar refractivity (Wildman–Crippen MR) is 51.2 cm³/mol. The fraction of sp³-hybridized carbons (Fsp3) is 0.143. The summed E-state index contributed by atoms with van der Waals surface area (Å²) in [5, 5.41) is 5.58. The highest BCUT2D eigenvalue weighted by molar-refractivity contribution is 9.10. The van der Waals surface area contributed by atoms with Crippen molar-refractivity contribution < 1.29 is 0 Å². The zero-order valence-electron chi connectivity index (χ0n) is 6.25. The lowest BCUT2D eigenvalue weighted by Gasteiger charge is -1.91. The average Bonchev–Trinajstić information content (AvgIpc) is 2.29. The summed E-state index contributed by atoms with van der Waals surface area (Å²) in [5.74, 6) is 0. The molecule has 2 aromatic heterocycles. The van der Waals surface area contributed by atoms with Crippen molar-refractivity contribution in [3.05, 3.63) is 22.0 Å². The van der Waals surface area contributed by atoms with Crippen molar-refractivity contribution in [3.63, 3.8) is 0 Å². The summed E-state index contributed by atoms with van der Waals surface area (Å²) in [6, 6.07) is 1.88. The Kier molecular flexibility index (Phi) is 1.81. The van der Waals surface area contributed by atoms with E-state index in [2.05, 4.69) is 26.0 Å². The van der Waals surface area contributed by atoms with Gasteiger partial charge in [-0.3, -0.25) is 4.68 Å². The molecule has 0 radical (unpaired) electrons. The van der Waals surface area contributed by atoms with Gasteiger partial charge in [-0.25, -0.2) is 4.98 Å². The minimum Gasteiger partial charge on any atom is -0.274 e. The predicted octanol–water partition coefficient (Wildman–Crippen LogP) is 2.38. The highest BCUT2D eigenvalue weighted by Gasteiger charge is 2.05. The maximum Gasteiger partial charge on any atom is 0.158 e. The lowest BCUT2D eigenvalue weighted by molar-refractivity contribution is 0.779. The van der Waals surface area contributed by atoms with Crippen LogP contribution in [0.4, 0.5) is 0 Å². The molecule has 0 aliphatic carbocycles. The number of pyridine rings is 1. The Bertz CT molecular complexity index is 437. The normalized spacial score (nSPS) is 10.9. The third kappa shape index (κ3) is 1.21. The number of halogens is 2. The Balaban J connectivity index is 2.88. The molecule has 62 valence electrons. The Morgan fingerprint density at radius 1 is 1.58 bits per heavy atom. The van der Waals surface area contributed by atoms with E-state index in [9.17, 15) is 0 Å². The molecule has 0 aliphatic rings. The molecule has 0 saturated heterocycles.